The number of rotatable bonds is 6. The van der Waals surface area contributed by atoms with Crippen molar-refractivity contribution in [3.8, 4) is 0 Å². The highest BCUT2D eigenvalue weighted by Crippen LogP contribution is 2.24. The summed E-state index contributed by atoms with van der Waals surface area (Å²) in [6.07, 6.45) is 0.624. The highest BCUT2D eigenvalue weighted by atomic mass is 32.2. The van der Waals surface area contributed by atoms with Gasteiger partial charge in [-0.1, -0.05) is 11.8 Å². The molecule has 0 radical (unpaired) electrons. The standard InChI is InChI=1S/C12H9N5O7S/c18-10(19)4-9-11(20)14-12(25-9)15-13-5-6-1-2-7(16(21)22)3-8(6)17(23)24/h1-3,5,9H,4H2,(H,18,19)(H,14,15,20). The SMILES string of the molecule is O=C(O)CC1SC(=NN=Cc2ccc([N+](=O)[O-])cc2[N+](=O)[O-])NC1=O. The second-order valence-electron chi connectivity index (χ2n) is 4.60. The van der Waals surface area contributed by atoms with E-state index in [1.54, 1.807) is 0 Å². The molecule has 1 aromatic rings. The lowest BCUT2D eigenvalue weighted by molar-refractivity contribution is -0.394. The van der Waals surface area contributed by atoms with Crippen LogP contribution in [0, 0.1) is 20.2 Å². The van der Waals surface area contributed by atoms with Crippen molar-refractivity contribution in [3.63, 3.8) is 0 Å². The molecule has 0 bridgehead atoms. The van der Waals surface area contributed by atoms with Gasteiger partial charge in [0.2, 0.25) is 5.91 Å². The van der Waals surface area contributed by atoms with Crippen molar-refractivity contribution in [2.45, 2.75) is 11.7 Å². The van der Waals surface area contributed by atoms with E-state index in [2.05, 4.69) is 15.5 Å². The molecular formula is C12H9N5O7S. The maximum atomic E-state index is 11.5. The Morgan fingerprint density at radius 2 is 2.08 bits per heavy atom. The number of non-ortho nitro benzene ring substituents is 1. The number of amides is 1. The van der Waals surface area contributed by atoms with E-state index in [-0.39, 0.29) is 17.2 Å². The second kappa shape index (κ2) is 7.48. The molecule has 1 aromatic carbocycles. The zero-order chi connectivity index (χ0) is 18.6. The van der Waals surface area contributed by atoms with Crippen molar-refractivity contribution in [1.82, 2.24) is 5.32 Å². The van der Waals surface area contributed by atoms with Gasteiger partial charge in [0.05, 0.1) is 34.1 Å². The molecule has 13 heteroatoms. The number of carboxylic acid groups (broad SMARTS) is 1. The number of carbonyl (C=O) groups excluding carboxylic acids is 1. The van der Waals surface area contributed by atoms with Crippen LogP contribution in [0.2, 0.25) is 0 Å². The van der Waals surface area contributed by atoms with Crippen LogP contribution in [0.1, 0.15) is 12.0 Å². The molecule has 1 amide bonds. The number of hydrogen-bond donors (Lipinski definition) is 2. The predicted octanol–water partition coefficient (Wildman–Crippen LogP) is 0.899. The Bertz CT molecular complexity index is 822. The molecule has 130 valence electrons. The summed E-state index contributed by atoms with van der Waals surface area (Å²) < 4.78 is 0. The van der Waals surface area contributed by atoms with Crippen LogP contribution in [-0.2, 0) is 9.59 Å². The molecule has 12 nitrogen and oxygen atoms in total. The van der Waals surface area contributed by atoms with E-state index in [0.29, 0.717) is 0 Å². The van der Waals surface area contributed by atoms with Crippen LogP contribution in [0.15, 0.2) is 28.4 Å². The molecule has 1 unspecified atom stereocenters. The van der Waals surface area contributed by atoms with Crippen molar-refractivity contribution in [1.29, 1.82) is 0 Å². The first kappa shape index (κ1) is 18.0. The predicted molar refractivity (Wildman–Crippen MR) is 86.6 cm³/mol. The van der Waals surface area contributed by atoms with E-state index >= 15 is 0 Å². The number of nitro benzene ring substituents is 2. The smallest absolute Gasteiger partial charge is 0.305 e. The number of nitrogens with zero attached hydrogens (tertiary/aromatic N) is 4. The molecule has 0 spiro atoms. The fraction of sp³-hybridized carbons (Fsp3) is 0.167. The Kier molecular flexibility index (Phi) is 5.38. The van der Waals surface area contributed by atoms with E-state index in [1.807, 2.05) is 0 Å². The fourth-order valence-corrected chi connectivity index (χ4v) is 2.72. The molecule has 25 heavy (non-hydrogen) atoms. The van der Waals surface area contributed by atoms with Gasteiger partial charge < -0.3 is 10.4 Å². The van der Waals surface area contributed by atoms with Crippen molar-refractivity contribution < 1.29 is 24.5 Å². The summed E-state index contributed by atoms with van der Waals surface area (Å²) in [5.74, 6) is -1.67. The summed E-state index contributed by atoms with van der Waals surface area (Å²) >= 11 is 0.871. The van der Waals surface area contributed by atoms with Crippen LogP contribution < -0.4 is 5.32 Å². The molecule has 0 aliphatic carbocycles. The second-order valence-corrected chi connectivity index (χ2v) is 5.79. The van der Waals surface area contributed by atoms with Gasteiger partial charge in [-0.05, 0) is 6.07 Å². The van der Waals surface area contributed by atoms with E-state index in [9.17, 15) is 29.8 Å². The quantitative estimate of drug-likeness (QED) is 0.423. The van der Waals surface area contributed by atoms with Gasteiger partial charge in [-0.2, -0.15) is 5.10 Å². The van der Waals surface area contributed by atoms with Crippen molar-refractivity contribution in [3.05, 3.63) is 44.0 Å². The lowest BCUT2D eigenvalue weighted by Crippen LogP contribution is -2.26. The third kappa shape index (κ3) is 4.57. The van der Waals surface area contributed by atoms with Crippen LogP contribution in [-0.4, -0.2) is 43.5 Å². The maximum Gasteiger partial charge on any atom is 0.305 e. The summed E-state index contributed by atoms with van der Waals surface area (Å²) in [6, 6.07) is 3.02. The molecule has 1 atom stereocenters. The van der Waals surface area contributed by atoms with E-state index in [0.717, 1.165) is 36.2 Å². The van der Waals surface area contributed by atoms with E-state index in [1.165, 1.54) is 0 Å². The highest BCUT2D eigenvalue weighted by Gasteiger charge is 2.32. The Balaban J connectivity index is 2.17. The third-order valence-corrected chi connectivity index (χ3v) is 3.98. The topological polar surface area (TPSA) is 177 Å². The molecule has 1 aliphatic rings. The number of carbonyl (C=O) groups is 2. The molecule has 0 saturated carbocycles. The Hall–Kier alpha value is -3.35. The molecule has 1 aliphatic heterocycles. The fourth-order valence-electron chi connectivity index (χ4n) is 1.80. The van der Waals surface area contributed by atoms with Gasteiger partial charge in [0, 0.05) is 6.07 Å². The van der Waals surface area contributed by atoms with Crippen LogP contribution in [0.4, 0.5) is 11.4 Å². The third-order valence-electron chi connectivity index (χ3n) is 2.90. The minimum Gasteiger partial charge on any atom is -0.481 e. The summed E-state index contributed by atoms with van der Waals surface area (Å²) in [5, 5.41) is 39.1. The van der Waals surface area contributed by atoms with Gasteiger partial charge >= 0.3 is 5.97 Å². The van der Waals surface area contributed by atoms with E-state index < -0.39 is 38.3 Å². The van der Waals surface area contributed by atoms with Crippen molar-refractivity contribution in [2.24, 2.45) is 10.2 Å². The molecule has 1 saturated heterocycles. The molecule has 0 aromatic heterocycles. The number of amidine groups is 1. The Morgan fingerprint density at radius 3 is 2.68 bits per heavy atom. The molecule has 1 heterocycles. The molecule has 2 N–H and O–H groups in total. The number of nitrogens with one attached hydrogen (secondary N) is 1. The number of carboxylic acids is 1. The minimum absolute atomic E-state index is 0.0173. The normalized spacial score (nSPS) is 18.5. The van der Waals surface area contributed by atoms with Crippen LogP contribution in [0.25, 0.3) is 0 Å². The number of nitro groups is 2. The summed E-state index contributed by atoms with van der Waals surface area (Å²) in [5.41, 5.74) is -0.980. The number of aliphatic carboxylic acids is 1. The zero-order valence-electron chi connectivity index (χ0n) is 12.2. The Labute approximate surface area is 142 Å². The van der Waals surface area contributed by atoms with Gasteiger partial charge in [0.1, 0.15) is 5.25 Å². The van der Waals surface area contributed by atoms with Gasteiger partial charge in [0.25, 0.3) is 11.4 Å². The molecule has 2 rings (SSSR count). The lowest BCUT2D eigenvalue weighted by Gasteiger charge is -1.98. The molecule has 1 fully saturated rings. The van der Waals surface area contributed by atoms with Gasteiger partial charge in [-0.25, -0.2) is 0 Å². The Morgan fingerprint density at radius 1 is 1.36 bits per heavy atom. The summed E-state index contributed by atoms with van der Waals surface area (Å²) in [7, 11) is 0. The van der Waals surface area contributed by atoms with Gasteiger partial charge in [-0.3, -0.25) is 29.8 Å². The summed E-state index contributed by atoms with van der Waals surface area (Å²) in [6.45, 7) is 0. The van der Waals surface area contributed by atoms with Crippen molar-refractivity contribution in [2.75, 3.05) is 0 Å². The number of benzene rings is 1. The van der Waals surface area contributed by atoms with Gasteiger partial charge in [0.15, 0.2) is 5.17 Å². The highest BCUT2D eigenvalue weighted by molar-refractivity contribution is 8.15. The number of thioether (sulfide) groups is 1. The first-order valence-corrected chi connectivity index (χ1v) is 7.39. The maximum absolute atomic E-state index is 11.5. The first-order valence-electron chi connectivity index (χ1n) is 6.51. The number of hydrogen-bond acceptors (Lipinski definition) is 9. The van der Waals surface area contributed by atoms with Gasteiger partial charge in [-0.15, -0.1) is 5.10 Å². The largest absolute Gasteiger partial charge is 0.481 e. The van der Waals surface area contributed by atoms with Crippen LogP contribution >= 0.6 is 11.8 Å². The van der Waals surface area contributed by atoms with Crippen LogP contribution in [0.3, 0.4) is 0 Å². The van der Waals surface area contributed by atoms with Crippen LogP contribution in [0.5, 0.6) is 0 Å². The molecular weight excluding hydrogens is 358 g/mol. The monoisotopic (exact) mass is 367 g/mol. The zero-order valence-corrected chi connectivity index (χ0v) is 13.0. The van der Waals surface area contributed by atoms with E-state index in [4.69, 9.17) is 5.11 Å². The summed E-state index contributed by atoms with van der Waals surface area (Å²) in [4.78, 5) is 42.2. The van der Waals surface area contributed by atoms with Crippen molar-refractivity contribution >= 4 is 46.4 Å². The average Bonchev–Trinajstić information content (AvgIpc) is 2.86. The average molecular weight is 367 g/mol. The minimum atomic E-state index is -1.14. The first-order chi connectivity index (χ1) is 11.8. The lowest BCUT2D eigenvalue weighted by atomic mass is 10.2.